The highest BCUT2D eigenvalue weighted by Gasteiger charge is 2.35. The van der Waals surface area contributed by atoms with E-state index in [1.807, 2.05) is 31.2 Å². The summed E-state index contributed by atoms with van der Waals surface area (Å²) in [4.78, 5) is 13.9. The predicted molar refractivity (Wildman–Crippen MR) is 76.8 cm³/mol. The van der Waals surface area contributed by atoms with Crippen molar-refractivity contribution in [3.8, 4) is 11.5 Å². The third-order valence-electron chi connectivity index (χ3n) is 3.55. The topological polar surface area (TPSA) is 51.9 Å². The van der Waals surface area contributed by atoms with E-state index in [0.29, 0.717) is 30.3 Å². The van der Waals surface area contributed by atoms with Crippen LogP contribution >= 0.6 is 0 Å². The average molecular weight is 287 g/mol. The fourth-order valence-electron chi connectivity index (χ4n) is 2.31. The summed E-state index contributed by atoms with van der Waals surface area (Å²) in [7, 11) is 1.61. The van der Waals surface area contributed by atoms with Gasteiger partial charge in [0.2, 0.25) is 0 Å². The zero-order chi connectivity index (χ0) is 14.8. The summed E-state index contributed by atoms with van der Waals surface area (Å²) in [6.07, 6.45) is 1.52. The first-order valence-corrected chi connectivity index (χ1v) is 6.82. The molecule has 0 atom stereocenters. The first kappa shape index (κ1) is 13.5. The minimum atomic E-state index is -0.0858. The monoisotopic (exact) mass is 287 g/mol. The molecule has 1 saturated heterocycles. The molecule has 1 amide bonds. The van der Waals surface area contributed by atoms with Crippen molar-refractivity contribution in [2.45, 2.75) is 13.0 Å². The standard InChI is InChI=1S/C16H17NO4/c1-11-7-8-20-15(11)16(18)17-9-12(10-17)21-14-6-4-3-5-13(14)19-2/h3-8,12H,9-10H2,1-2H3. The molecule has 0 unspecified atom stereocenters. The van der Waals surface area contributed by atoms with Crippen molar-refractivity contribution in [3.05, 3.63) is 47.9 Å². The number of para-hydroxylation sites is 2. The number of furan rings is 1. The summed E-state index contributed by atoms with van der Waals surface area (Å²) in [6, 6.07) is 9.28. The molecule has 3 rings (SSSR count). The van der Waals surface area contributed by atoms with Gasteiger partial charge in [-0.3, -0.25) is 4.79 Å². The van der Waals surface area contributed by atoms with Gasteiger partial charge in [-0.25, -0.2) is 0 Å². The summed E-state index contributed by atoms with van der Waals surface area (Å²) in [6.45, 7) is 2.97. The number of rotatable bonds is 4. The molecule has 1 aromatic carbocycles. The number of hydrogen-bond donors (Lipinski definition) is 0. The Morgan fingerprint density at radius 2 is 1.95 bits per heavy atom. The minimum absolute atomic E-state index is 0.0134. The lowest BCUT2D eigenvalue weighted by atomic mass is 10.1. The van der Waals surface area contributed by atoms with E-state index in [-0.39, 0.29) is 12.0 Å². The maximum absolute atomic E-state index is 12.2. The molecular weight excluding hydrogens is 270 g/mol. The minimum Gasteiger partial charge on any atom is -0.493 e. The number of methoxy groups -OCH3 is 1. The molecule has 0 N–H and O–H groups in total. The van der Waals surface area contributed by atoms with E-state index in [1.165, 1.54) is 6.26 Å². The molecular formula is C16H17NO4. The van der Waals surface area contributed by atoms with Crippen LogP contribution in [0.2, 0.25) is 0 Å². The number of aryl methyl sites for hydroxylation is 1. The molecule has 5 nitrogen and oxygen atoms in total. The zero-order valence-corrected chi connectivity index (χ0v) is 12.0. The molecule has 1 aromatic heterocycles. The number of likely N-dealkylation sites (tertiary alicyclic amines) is 1. The maximum Gasteiger partial charge on any atom is 0.290 e. The first-order chi connectivity index (χ1) is 10.2. The number of hydrogen-bond acceptors (Lipinski definition) is 4. The number of amides is 1. The molecule has 0 spiro atoms. The van der Waals surface area contributed by atoms with E-state index in [4.69, 9.17) is 13.9 Å². The summed E-state index contributed by atoms with van der Waals surface area (Å²) >= 11 is 0. The fourth-order valence-corrected chi connectivity index (χ4v) is 2.31. The lowest BCUT2D eigenvalue weighted by Gasteiger charge is -2.38. The summed E-state index contributed by atoms with van der Waals surface area (Å²) < 4.78 is 16.3. The smallest absolute Gasteiger partial charge is 0.290 e. The quantitative estimate of drug-likeness (QED) is 0.867. The number of carbonyl (C=O) groups excluding carboxylic acids is 1. The Balaban J connectivity index is 1.59. The van der Waals surface area contributed by atoms with Crippen molar-refractivity contribution >= 4 is 5.91 Å². The Morgan fingerprint density at radius 3 is 2.57 bits per heavy atom. The molecule has 21 heavy (non-hydrogen) atoms. The molecule has 110 valence electrons. The Morgan fingerprint density at radius 1 is 1.24 bits per heavy atom. The van der Waals surface area contributed by atoms with Gasteiger partial charge >= 0.3 is 0 Å². The van der Waals surface area contributed by atoms with E-state index < -0.39 is 0 Å². The van der Waals surface area contributed by atoms with Crippen LogP contribution in [0, 0.1) is 6.92 Å². The number of ether oxygens (including phenoxy) is 2. The van der Waals surface area contributed by atoms with Crippen molar-refractivity contribution in [2.75, 3.05) is 20.2 Å². The van der Waals surface area contributed by atoms with Gasteiger partial charge in [-0.05, 0) is 25.1 Å². The van der Waals surface area contributed by atoms with Crippen LogP contribution < -0.4 is 9.47 Å². The van der Waals surface area contributed by atoms with E-state index in [9.17, 15) is 4.79 Å². The van der Waals surface area contributed by atoms with Crippen LogP contribution in [-0.2, 0) is 0 Å². The van der Waals surface area contributed by atoms with Crippen LogP contribution in [0.15, 0.2) is 41.0 Å². The average Bonchev–Trinajstić information content (AvgIpc) is 2.88. The third-order valence-corrected chi connectivity index (χ3v) is 3.55. The van der Waals surface area contributed by atoms with Gasteiger partial charge in [0.15, 0.2) is 17.3 Å². The number of carbonyl (C=O) groups is 1. The van der Waals surface area contributed by atoms with Crippen LogP contribution in [-0.4, -0.2) is 37.1 Å². The SMILES string of the molecule is COc1ccccc1OC1CN(C(=O)c2occc2C)C1. The van der Waals surface area contributed by atoms with E-state index in [2.05, 4.69) is 0 Å². The van der Waals surface area contributed by atoms with Crippen LogP contribution in [0.3, 0.4) is 0 Å². The molecule has 0 bridgehead atoms. The lowest BCUT2D eigenvalue weighted by molar-refractivity contribution is 0.0146. The van der Waals surface area contributed by atoms with Gasteiger partial charge < -0.3 is 18.8 Å². The predicted octanol–water partition coefficient (Wildman–Crippen LogP) is 2.50. The second-order valence-electron chi connectivity index (χ2n) is 5.03. The van der Waals surface area contributed by atoms with Gasteiger partial charge in [-0.2, -0.15) is 0 Å². The summed E-state index contributed by atoms with van der Waals surface area (Å²) in [5.74, 6) is 1.72. The van der Waals surface area contributed by atoms with Gasteiger partial charge in [0.05, 0.1) is 26.5 Å². The highest BCUT2D eigenvalue weighted by Crippen LogP contribution is 2.29. The molecule has 5 heteroatoms. The summed E-state index contributed by atoms with van der Waals surface area (Å²) in [5.41, 5.74) is 0.856. The van der Waals surface area contributed by atoms with Crippen molar-refractivity contribution < 1.29 is 18.7 Å². The van der Waals surface area contributed by atoms with Crippen LogP contribution in [0.1, 0.15) is 16.1 Å². The van der Waals surface area contributed by atoms with Gasteiger partial charge in [0.1, 0.15) is 6.10 Å². The highest BCUT2D eigenvalue weighted by atomic mass is 16.5. The van der Waals surface area contributed by atoms with Crippen molar-refractivity contribution in [1.82, 2.24) is 4.90 Å². The Hall–Kier alpha value is -2.43. The molecule has 2 aromatic rings. The van der Waals surface area contributed by atoms with Crippen molar-refractivity contribution in [3.63, 3.8) is 0 Å². The Labute approximate surface area is 123 Å². The third kappa shape index (κ3) is 2.59. The molecule has 1 aliphatic heterocycles. The van der Waals surface area contributed by atoms with Crippen LogP contribution in [0.25, 0.3) is 0 Å². The van der Waals surface area contributed by atoms with E-state index in [0.717, 1.165) is 5.56 Å². The fraction of sp³-hybridized carbons (Fsp3) is 0.312. The van der Waals surface area contributed by atoms with Gasteiger partial charge in [0.25, 0.3) is 5.91 Å². The van der Waals surface area contributed by atoms with Gasteiger partial charge in [0, 0.05) is 5.56 Å². The largest absolute Gasteiger partial charge is 0.493 e. The Bertz CT molecular complexity index is 643. The normalized spacial score (nSPS) is 14.7. The van der Waals surface area contributed by atoms with E-state index in [1.54, 1.807) is 18.1 Å². The van der Waals surface area contributed by atoms with Gasteiger partial charge in [-0.15, -0.1) is 0 Å². The maximum atomic E-state index is 12.2. The molecule has 0 radical (unpaired) electrons. The lowest BCUT2D eigenvalue weighted by Crippen LogP contribution is -2.56. The molecule has 1 fully saturated rings. The second kappa shape index (κ2) is 5.52. The molecule has 0 aliphatic carbocycles. The van der Waals surface area contributed by atoms with Crippen molar-refractivity contribution in [1.29, 1.82) is 0 Å². The number of benzene rings is 1. The van der Waals surface area contributed by atoms with Crippen LogP contribution in [0.5, 0.6) is 11.5 Å². The highest BCUT2D eigenvalue weighted by molar-refractivity contribution is 5.93. The number of nitrogens with zero attached hydrogens (tertiary/aromatic N) is 1. The summed E-state index contributed by atoms with van der Waals surface area (Å²) in [5, 5.41) is 0. The van der Waals surface area contributed by atoms with Crippen LogP contribution in [0.4, 0.5) is 0 Å². The van der Waals surface area contributed by atoms with Crippen molar-refractivity contribution in [2.24, 2.45) is 0 Å². The molecule has 1 aliphatic rings. The van der Waals surface area contributed by atoms with E-state index >= 15 is 0 Å². The zero-order valence-electron chi connectivity index (χ0n) is 12.0. The molecule has 2 heterocycles. The Kier molecular flexibility index (Phi) is 3.56. The second-order valence-corrected chi connectivity index (χ2v) is 5.03. The molecule has 0 saturated carbocycles. The van der Waals surface area contributed by atoms with Gasteiger partial charge in [-0.1, -0.05) is 12.1 Å². The first-order valence-electron chi connectivity index (χ1n) is 6.82.